The molecule has 3 aromatic carbocycles. The molecule has 3 nitrogen and oxygen atoms in total. The third kappa shape index (κ3) is 2.70. The number of aromatic nitrogens is 3. The highest BCUT2D eigenvalue weighted by Crippen LogP contribution is 2.33. The van der Waals surface area contributed by atoms with Gasteiger partial charge in [-0.25, -0.2) is 0 Å². The van der Waals surface area contributed by atoms with E-state index in [1.807, 2.05) is 0 Å². The zero-order chi connectivity index (χ0) is 15.5. The van der Waals surface area contributed by atoms with E-state index in [4.69, 9.17) is 0 Å². The Kier molecular flexibility index (Phi) is 3.76. The van der Waals surface area contributed by atoms with Gasteiger partial charge in [-0.2, -0.15) is 0 Å². The molecule has 0 aliphatic heterocycles. The fraction of sp³-hybridized carbons (Fsp3) is 0.200. The molecule has 0 fully saturated rings. The van der Waals surface area contributed by atoms with E-state index in [2.05, 4.69) is 63.7 Å². The highest BCUT2D eigenvalue weighted by molar-refractivity contribution is 6.08. The third-order valence-corrected chi connectivity index (χ3v) is 4.59. The van der Waals surface area contributed by atoms with Crippen LogP contribution in [0.5, 0.6) is 0 Å². The van der Waals surface area contributed by atoms with Crippen LogP contribution in [0.3, 0.4) is 0 Å². The van der Waals surface area contributed by atoms with E-state index in [1.165, 1.54) is 59.9 Å². The maximum Gasteiger partial charge on any atom is 0.116 e. The molecule has 3 heteroatoms. The molecule has 1 heterocycles. The first kappa shape index (κ1) is 13.9. The van der Waals surface area contributed by atoms with E-state index >= 15 is 0 Å². The van der Waals surface area contributed by atoms with Gasteiger partial charge in [0, 0.05) is 0 Å². The summed E-state index contributed by atoms with van der Waals surface area (Å²) >= 11 is 0. The first-order valence-corrected chi connectivity index (χ1v) is 8.15. The predicted molar refractivity (Wildman–Crippen MR) is 94.5 cm³/mol. The highest BCUT2D eigenvalue weighted by atomic mass is 15.2. The Morgan fingerprint density at radius 3 is 2.30 bits per heavy atom. The van der Waals surface area contributed by atoms with Crippen molar-refractivity contribution in [2.75, 3.05) is 0 Å². The van der Waals surface area contributed by atoms with Crippen LogP contribution >= 0.6 is 0 Å². The Bertz CT molecular complexity index is 909. The molecule has 23 heavy (non-hydrogen) atoms. The summed E-state index contributed by atoms with van der Waals surface area (Å²) in [4.78, 5) is 2.64. The Hall–Kier alpha value is -2.68. The zero-order valence-electron chi connectivity index (χ0n) is 13.0. The molecule has 0 bridgehead atoms. The second kappa shape index (κ2) is 6.21. The molecule has 0 radical (unpaired) electrons. The van der Waals surface area contributed by atoms with Crippen LogP contribution in [0.2, 0.25) is 0 Å². The largest absolute Gasteiger partial charge is 0.334 e. The van der Waals surface area contributed by atoms with Gasteiger partial charge in [-0.3, -0.25) is 0 Å². The van der Waals surface area contributed by atoms with Crippen molar-refractivity contribution >= 4 is 21.5 Å². The number of nitrogens with zero attached hydrogens (tertiary/aromatic N) is 2. The molecule has 1 aromatic heterocycles. The van der Waals surface area contributed by atoms with Gasteiger partial charge in [0.2, 0.25) is 0 Å². The zero-order valence-corrected chi connectivity index (χ0v) is 13.0. The Labute approximate surface area is 135 Å². The number of fused-ring (bicyclic) bond motifs is 5. The quantitative estimate of drug-likeness (QED) is 0.479. The van der Waals surface area contributed by atoms with Crippen LogP contribution in [0.25, 0.3) is 21.5 Å². The van der Waals surface area contributed by atoms with Gasteiger partial charge in [-0.05, 0) is 58.4 Å². The van der Waals surface area contributed by atoms with Crippen LogP contribution in [0.1, 0.15) is 24.0 Å². The van der Waals surface area contributed by atoms with Crippen LogP contribution in [0.15, 0.2) is 61.2 Å². The van der Waals surface area contributed by atoms with E-state index in [0.29, 0.717) is 0 Å². The summed E-state index contributed by atoms with van der Waals surface area (Å²) in [7, 11) is 0. The maximum atomic E-state index is 3.42. The Morgan fingerprint density at radius 2 is 1.48 bits per heavy atom. The third-order valence-electron chi connectivity index (χ3n) is 4.59. The van der Waals surface area contributed by atoms with Crippen LogP contribution < -0.4 is 0 Å². The topological polar surface area (TPSA) is 41.6 Å². The second-order valence-corrected chi connectivity index (χ2v) is 5.95. The average Bonchev–Trinajstić information content (AvgIpc) is 3.21. The lowest BCUT2D eigenvalue weighted by Crippen LogP contribution is -2.02. The van der Waals surface area contributed by atoms with Crippen molar-refractivity contribution < 1.29 is 0 Å². The molecule has 1 N–H and O–H groups in total. The summed E-state index contributed by atoms with van der Waals surface area (Å²) in [6.07, 6.45) is 8.24. The molecule has 4 aromatic rings. The van der Waals surface area contributed by atoms with Crippen LogP contribution in [0.4, 0.5) is 0 Å². The molecule has 0 saturated carbocycles. The van der Waals surface area contributed by atoms with Gasteiger partial charge in [-0.1, -0.05) is 48.5 Å². The first-order chi connectivity index (χ1) is 11.4. The molecular formula is C20H19N3. The normalized spacial score (nSPS) is 13.4. The summed E-state index contributed by atoms with van der Waals surface area (Å²) < 4.78 is 0. The minimum Gasteiger partial charge on any atom is -0.334 e. The number of H-pyrrole nitrogens is 1. The van der Waals surface area contributed by atoms with Gasteiger partial charge in [-0.15, -0.1) is 10.2 Å². The Morgan fingerprint density at radius 1 is 0.696 bits per heavy atom. The van der Waals surface area contributed by atoms with Crippen molar-refractivity contribution in [2.45, 2.75) is 25.7 Å². The van der Waals surface area contributed by atoms with Gasteiger partial charge in [0.05, 0.1) is 0 Å². The van der Waals surface area contributed by atoms with Crippen molar-refractivity contribution in [3.05, 3.63) is 72.3 Å². The van der Waals surface area contributed by atoms with E-state index < -0.39 is 0 Å². The van der Waals surface area contributed by atoms with Gasteiger partial charge in [0.1, 0.15) is 12.7 Å². The van der Waals surface area contributed by atoms with Crippen LogP contribution in [-0.2, 0) is 12.8 Å². The summed E-state index contributed by atoms with van der Waals surface area (Å²) in [5, 5.41) is 12.5. The van der Waals surface area contributed by atoms with E-state index in [-0.39, 0.29) is 0 Å². The fourth-order valence-corrected chi connectivity index (χ4v) is 3.51. The first-order valence-electron chi connectivity index (χ1n) is 8.15. The van der Waals surface area contributed by atoms with Crippen LogP contribution in [0, 0.1) is 0 Å². The smallest absolute Gasteiger partial charge is 0.116 e. The van der Waals surface area contributed by atoms with Gasteiger partial charge in [0.15, 0.2) is 0 Å². The summed E-state index contributed by atoms with van der Waals surface area (Å²) in [5.74, 6) is 0. The lowest BCUT2D eigenvalue weighted by Gasteiger charge is -2.18. The highest BCUT2D eigenvalue weighted by Gasteiger charge is 2.13. The average molecular weight is 301 g/mol. The van der Waals surface area contributed by atoms with Gasteiger partial charge < -0.3 is 4.98 Å². The minimum atomic E-state index is 1.25. The molecule has 0 atom stereocenters. The number of aryl methyl sites for hydroxylation is 2. The number of benzene rings is 3. The molecule has 0 amide bonds. The second-order valence-electron chi connectivity index (χ2n) is 5.95. The van der Waals surface area contributed by atoms with E-state index in [9.17, 15) is 0 Å². The van der Waals surface area contributed by atoms with Gasteiger partial charge in [0.25, 0.3) is 0 Å². The monoisotopic (exact) mass is 301 g/mol. The molecule has 114 valence electrons. The van der Waals surface area contributed by atoms with E-state index in [1.54, 1.807) is 11.1 Å². The van der Waals surface area contributed by atoms with Gasteiger partial charge >= 0.3 is 0 Å². The van der Waals surface area contributed by atoms with Crippen molar-refractivity contribution in [3.8, 4) is 0 Å². The fourth-order valence-electron chi connectivity index (χ4n) is 3.51. The number of hydrogen-bond donors (Lipinski definition) is 1. The van der Waals surface area contributed by atoms with Crippen molar-refractivity contribution in [1.29, 1.82) is 0 Å². The molecule has 1 aliphatic carbocycles. The van der Waals surface area contributed by atoms with Crippen LogP contribution in [-0.4, -0.2) is 15.2 Å². The van der Waals surface area contributed by atoms with Crippen molar-refractivity contribution in [3.63, 3.8) is 0 Å². The molecular weight excluding hydrogens is 282 g/mol. The predicted octanol–water partition coefficient (Wildman–Crippen LogP) is 4.68. The van der Waals surface area contributed by atoms with E-state index in [0.717, 1.165) is 0 Å². The maximum absolute atomic E-state index is 3.42. The lowest BCUT2D eigenvalue weighted by molar-refractivity contribution is 0.690. The van der Waals surface area contributed by atoms with Crippen molar-refractivity contribution in [1.82, 2.24) is 15.2 Å². The lowest BCUT2D eigenvalue weighted by atomic mass is 9.86. The molecule has 1 aliphatic rings. The minimum absolute atomic E-state index is 1.25. The number of hydrogen-bond acceptors (Lipinski definition) is 2. The molecule has 5 rings (SSSR count). The summed E-state index contributed by atoms with van der Waals surface area (Å²) in [6.45, 7) is 0. The SMILES string of the molecule is c1ccc2c(c1)ccc1c3c(ccc12)CCCC3.c1nnc[nH]1. The summed E-state index contributed by atoms with van der Waals surface area (Å²) in [5.41, 5.74) is 3.17. The number of rotatable bonds is 0. The number of nitrogens with one attached hydrogen (secondary N) is 1. The molecule has 0 unspecified atom stereocenters. The summed E-state index contributed by atoms with van der Waals surface area (Å²) in [6, 6.07) is 18.0. The van der Waals surface area contributed by atoms with Crippen molar-refractivity contribution in [2.24, 2.45) is 0 Å². The molecule has 0 saturated heterocycles. The Balaban J connectivity index is 0.000000233. The standard InChI is InChI=1S/C18H16.C2H3N3/c1-3-7-15-13(5-1)9-11-18-16-8-4-2-6-14(16)10-12-17(15)18;1-3-2-5-4-1/h1,3,5,7,9-12H,2,4,6,8H2;1-2H,(H,3,4,5). The molecule has 0 spiro atoms. The number of aromatic amines is 1.